The van der Waals surface area contributed by atoms with E-state index in [2.05, 4.69) is 59.1 Å². The summed E-state index contributed by atoms with van der Waals surface area (Å²) in [6, 6.07) is 0. The minimum Gasteiger partial charge on any atom is -0.338 e. The molecule has 0 radical (unpaired) electrons. The number of unbranched alkanes of at least 4 members (excludes halogenated alkanes) is 29. The Labute approximate surface area is 382 Å². The van der Waals surface area contributed by atoms with Gasteiger partial charge in [0.05, 0.1) is 13.1 Å². The van der Waals surface area contributed by atoms with E-state index in [9.17, 15) is 9.59 Å². The van der Waals surface area contributed by atoms with Gasteiger partial charge in [-0.05, 0) is 64.8 Å². The van der Waals surface area contributed by atoms with Crippen LogP contribution in [0.1, 0.15) is 253 Å². The first-order chi connectivity index (χ1) is 30.0. The Hall–Kier alpha value is -1.18. The van der Waals surface area contributed by atoms with Gasteiger partial charge in [-0.1, -0.05) is 221 Å². The Morgan fingerprint density at radius 1 is 0.279 bits per heavy atom. The maximum Gasteiger partial charge on any atom is 0.236 e. The summed E-state index contributed by atoms with van der Waals surface area (Å²) in [6.45, 7) is 22.8. The molecular formula is C54H109N5O2. The minimum atomic E-state index is 0.267. The standard InChI is InChI=1S/C54H109N5O2/c1-6-11-16-21-26-31-35-40-55(41-36-32-27-22-17-12-7-2)45-46-57(44-39-30-25-20-15-10-5)52-54(61)59-49-47-58(48-50-59)53(60)51-56(42-37-33-28-23-18-13-8-3)43-38-34-29-24-19-14-9-4/h6-52H2,1-5H3. The summed E-state index contributed by atoms with van der Waals surface area (Å²) < 4.78 is 0. The van der Waals surface area contributed by atoms with Crippen molar-refractivity contribution in [3.05, 3.63) is 0 Å². The first-order valence-electron chi connectivity index (χ1n) is 27.7. The van der Waals surface area contributed by atoms with E-state index in [0.717, 1.165) is 32.7 Å². The normalized spacial score (nSPS) is 13.4. The minimum absolute atomic E-state index is 0.267. The zero-order valence-electron chi connectivity index (χ0n) is 42.3. The van der Waals surface area contributed by atoms with Gasteiger partial charge < -0.3 is 14.7 Å². The summed E-state index contributed by atoms with van der Waals surface area (Å²) in [4.78, 5) is 39.5. The molecule has 0 bridgehead atoms. The van der Waals surface area contributed by atoms with Crippen molar-refractivity contribution >= 4 is 11.8 Å². The predicted octanol–water partition coefficient (Wildman–Crippen LogP) is 13.9. The molecule has 61 heavy (non-hydrogen) atoms. The Kier molecular flexibility index (Phi) is 41.8. The molecule has 0 aromatic heterocycles. The summed E-state index contributed by atoms with van der Waals surface area (Å²) in [5, 5.41) is 0. The van der Waals surface area contributed by atoms with E-state index < -0.39 is 0 Å². The van der Waals surface area contributed by atoms with E-state index in [1.54, 1.807) is 0 Å². The van der Waals surface area contributed by atoms with Crippen LogP contribution in [0.5, 0.6) is 0 Å². The van der Waals surface area contributed by atoms with E-state index in [1.165, 1.54) is 231 Å². The molecule has 1 saturated heterocycles. The molecule has 0 aromatic carbocycles. The molecule has 0 unspecified atom stereocenters. The van der Waals surface area contributed by atoms with Gasteiger partial charge in [0.2, 0.25) is 11.8 Å². The van der Waals surface area contributed by atoms with Crippen molar-refractivity contribution < 1.29 is 9.59 Å². The van der Waals surface area contributed by atoms with Crippen LogP contribution in [0.4, 0.5) is 0 Å². The lowest BCUT2D eigenvalue weighted by molar-refractivity contribution is -0.140. The third-order valence-electron chi connectivity index (χ3n) is 13.6. The van der Waals surface area contributed by atoms with E-state index >= 15 is 0 Å². The van der Waals surface area contributed by atoms with Crippen molar-refractivity contribution in [2.24, 2.45) is 0 Å². The number of hydrogen-bond donors (Lipinski definition) is 0. The molecule has 1 rings (SSSR count). The second-order valence-corrected chi connectivity index (χ2v) is 19.4. The van der Waals surface area contributed by atoms with Crippen LogP contribution in [0.15, 0.2) is 0 Å². The fourth-order valence-corrected chi connectivity index (χ4v) is 9.23. The largest absolute Gasteiger partial charge is 0.338 e. The molecule has 0 spiro atoms. The Bertz CT molecular complexity index is 904. The molecule has 1 heterocycles. The molecule has 362 valence electrons. The molecule has 0 aliphatic carbocycles. The second kappa shape index (κ2) is 44.0. The third kappa shape index (κ3) is 34.8. The first-order valence-corrected chi connectivity index (χ1v) is 27.7. The molecule has 0 atom stereocenters. The molecule has 1 aliphatic rings. The van der Waals surface area contributed by atoms with E-state index in [0.29, 0.717) is 39.3 Å². The van der Waals surface area contributed by atoms with Gasteiger partial charge >= 0.3 is 0 Å². The fraction of sp³-hybridized carbons (Fsp3) is 0.963. The van der Waals surface area contributed by atoms with Crippen LogP contribution in [0.2, 0.25) is 0 Å². The number of nitrogens with zero attached hydrogens (tertiary/aromatic N) is 5. The fourth-order valence-electron chi connectivity index (χ4n) is 9.23. The number of carbonyl (C=O) groups excluding carboxylic acids is 2. The van der Waals surface area contributed by atoms with E-state index in [1.807, 2.05) is 0 Å². The number of piperazine rings is 1. The second-order valence-electron chi connectivity index (χ2n) is 19.4. The SMILES string of the molecule is CCCCCCCCCN(CCCCCCCCC)CCN(CCCCCCCC)CC(=O)N1CCN(C(=O)CN(CCCCCCCCC)CCCCCCCCC)CC1. The summed E-state index contributed by atoms with van der Waals surface area (Å²) in [5.74, 6) is 0.535. The van der Waals surface area contributed by atoms with Crippen LogP contribution >= 0.6 is 0 Å². The summed E-state index contributed by atoms with van der Waals surface area (Å²) in [6.07, 6.45) is 45.0. The molecule has 7 nitrogen and oxygen atoms in total. The monoisotopic (exact) mass is 860 g/mol. The highest BCUT2D eigenvalue weighted by atomic mass is 16.2. The van der Waals surface area contributed by atoms with Crippen molar-refractivity contribution in [2.45, 2.75) is 253 Å². The van der Waals surface area contributed by atoms with Gasteiger partial charge in [0.25, 0.3) is 0 Å². The van der Waals surface area contributed by atoms with Gasteiger partial charge in [-0.2, -0.15) is 0 Å². The number of rotatable bonds is 46. The van der Waals surface area contributed by atoms with Crippen LogP contribution in [0, 0.1) is 0 Å². The molecule has 0 N–H and O–H groups in total. The van der Waals surface area contributed by atoms with Crippen molar-refractivity contribution in [3.63, 3.8) is 0 Å². The van der Waals surface area contributed by atoms with Crippen molar-refractivity contribution in [1.29, 1.82) is 0 Å². The van der Waals surface area contributed by atoms with Crippen LogP contribution in [-0.2, 0) is 9.59 Å². The van der Waals surface area contributed by atoms with Gasteiger partial charge in [0, 0.05) is 39.3 Å². The Morgan fingerprint density at radius 3 is 0.738 bits per heavy atom. The van der Waals surface area contributed by atoms with Crippen molar-refractivity contribution in [3.8, 4) is 0 Å². The Morgan fingerprint density at radius 2 is 0.475 bits per heavy atom. The quantitative estimate of drug-likeness (QED) is 0.0571. The Balaban J connectivity index is 2.75. The highest BCUT2D eigenvalue weighted by molar-refractivity contribution is 5.80. The smallest absolute Gasteiger partial charge is 0.236 e. The molecule has 1 aliphatic heterocycles. The van der Waals surface area contributed by atoms with Crippen LogP contribution in [0.25, 0.3) is 0 Å². The summed E-state index contributed by atoms with van der Waals surface area (Å²) in [7, 11) is 0. The zero-order valence-corrected chi connectivity index (χ0v) is 42.3. The number of amides is 2. The van der Waals surface area contributed by atoms with E-state index in [4.69, 9.17) is 0 Å². The topological polar surface area (TPSA) is 50.3 Å². The predicted molar refractivity (Wildman–Crippen MR) is 268 cm³/mol. The molecule has 2 amide bonds. The average molecular weight is 860 g/mol. The van der Waals surface area contributed by atoms with Crippen molar-refractivity contribution in [2.75, 3.05) is 85.1 Å². The van der Waals surface area contributed by atoms with Gasteiger partial charge in [0.15, 0.2) is 0 Å². The summed E-state index contributed by atoms with van der Waals surface area (Å²) in [5.41, 5.74) is 0. The summed E-state index contributed by atoms with van der Waals surface area (Å²) >= 11 is 0. The maximum absolute atomic E-state index is 13.9. The molecule has 0 saturated carbocycles. The third-order valence-corrected chi connectivity index (χ3v) is 13.6. The lowest BCUT2D eigenvalue weighted by Crippen LogP contribution is -2.54. The van der Waals surface area contributed by atoms with Gasteiger partial charge in [-0.25, -0.2) is 0 Å². The van der Waals surface area contributed by atoms with E-state index in [-0.39, 0.29) is 11.8 Å². The van der Waals surface area contributed by atoms with Gasteiger partial charge in [0.1, 0.15) is 0 Å². The molecule has 0 aromatic rings. The van der Waals surface area contributed by atoms with Crippen molar-refractivity contribution in [1.82, 2.24) is 24.5 Å². The lowest BCUT2D eigenvalue weighted by Gasteiger charge is -2.37. The zero-order chi connectivity index (χ0) is 44.3. The highest BCUT2D eigenvalue weighted by Crippen LogP contribution is 2.14. The number of hydrogen-bond acceptors (Lipinski definition) is 5. The molecule has 1 fully saturated rings. The first kappa shape index (κ1) is 57.8. The highest BCUT2D eigenvalue weighted by Gasteiger charge is 2.26. The lowest BCUT2D eigenvalue weighted by atomic mass is 10.1. The van der Waals surface area contributed by atoms with Crippen LogP contribution in [-0.4, -0.2) is 121 Å². The van der Waals surface area contributed by atoms with Crippen LogP contribution in [0.3, 0.4) is 0 Å². The molecular weight excluding hydrogens is 751 g/mol. The maximum atomic E-state index is 13.9. The average Bonchev–Trinajstić information content (AvgIpc) is 3.27. The van der Waals surface area contributed by atoms with Gasteiger partial charge in [-0.3, -0.25) is 19.4 Å². The molecule has 7 heteroatoms. The number of carbonyl (C=O) groups is 2. The van der Waals surface area contributed by atoms with Crippen LogP contribution < -0.4 is 0 Å². The van der Waals surface area contributed by atoms with Gasteiger partial charge in [-0.15, -0.1) is 0 Å².